The van der Waals surface area contributed by atoms with E-state index in [2.05, 4.69) is 31.3 Å². The average Bonchev–Trinajstić information content (AvgIpc) is 3.22. The van der Waals surface area contributed by atoms with Gasteiger partial charge in [-0.3, -0.25) is 4.79 Å². The molecule has 1 atom stereocenters. The fourth-order valence-electron chi connectivity index (χ4n) is 3.27. The second-order valence-electron chi connectivity index (χ2n) is 7.25. The van der Waals surface area contributed by atoms with Crippen LogP contribution in [0.1, 0.15) is 43.7 Å². The Morgan fingerprint density at radius 2 is 2.00 bits per heavy atom. The van der Waals surface area contributed by atoms with E-state index in [4.69, 9.17) is 0 Å². The summed E-state index contributed by atoms with van der Waals surface area (Å²) in [5.41, 5.74) is 2.32. The van der Waals surface area contributed by atoms with Crippen molar-refractivity contribution in [3.63, 3.8) is 0 Å². The van der Waals surface area contributed by atoms with Crippen LogP contribution in [0.3, 0.4) is 0 Å². The van der Waals surface area contributed by atoms with Crippen molar-refractivity contribution in [1.82, 2.24) is 9.62 Å². The molecule has 0 unspecified atom stereocenters. The van der Waals surface area contributed by atoms with Crippen LogP contribution in [0.2, 0.25) is 0 Å². The highest BCUT2D eigenvalue weighted by Crippen LogP contribution is 2.26. The lowest BCUT2D eigenvalue weighted by Crippen LogP contribution is -2.45. The van der Waals surface area contributed by atoms with E-state index >= 15 is 0 Å². The summed E-state index contributed by atoms with van der Waals surface area (Å²) >= 11 is 1.21. The number of carbonyl (C=O) groups is 1. The van der Waals surface area contributed by atoms with Gasteiger partial charge in [0.05, 0.1) is 5.92 Å². The molecule has 1 aliphatic heterocycles. The highest BCUT2D eigenvalue weighted by Gasteiger charge is 2.33. The second kappa shape index (κ2) is 8.54. The molecule has 0 spiro atoms. The highest BCUT2D eigenvalue weighted by molar-refractivity contribution is 7.91. The van der Waals surface area contributed by atoms with Gasteiger partial charge >= 0.3 is 0 Å². The molecular weight excluding hydrogens is 380 g/mol. The number of rotatable bonds is 6. The van der Waals surface area contributed by atoms with Gasteiger partial charge in [0.1, 0.15) is 4.21 Å². The lowest BCUT2D eigenvalue weighted by molar-refractivity contribution is -0.126. The number of nitrogens with zero attached hydrogens (tertiary/aromatic N) is 1. The highest BCUT2D eigenvalue weighted by atomic mass is 32.2. The van der Waals surface area contributed by atoms with E-state index in [0.717, 1.165) is 5.56 Å². The predicted molar refractivity (Wildman–Crippen MR) is 108 cm³/mol. The molecule has 1 aromatic carbocycles. The van der Waals surface area contributed by atoms with E-state index in [1.165, 1.54) is 21.2 Å². The third-order valence-corrected chi connectivity index (χ3v) is 8.20. The lowest BCUT2D eigenvalue weighted by atomic mass is 9.98. The van der Waals surface area contributed by atoms with Crippen LogP contribution < -0.4 is 5.32 Å². The zero-order chi connectivity index (χ0) is 19.4. The standard InChI is InChI=1S/C20H26N2O3S2/c1-15(2)17-9-7-16(8-10-17)13-21-20(23)18-5-3-11-22(14-18)27(24,25)19-6-4-12-26-19/h4,6-10,12,15,18H,3,5,11,13-14H2,1-2H3,(H,21,23)/t18-/m0/s1. The molecule has 27 heavy (non-hydrogen) atoms. The van der Waals surface area contributed by atoms with Crippen molar-refractivity contribution >= 4 is 27.3 Å². The summed E-state index contributed by atoms with van der Waals surface area (Å²) in [5, 5.41) is 4.72. The van der Waals surface area contributed by atoms with Crippen molar-refractivity contribution in [2.75, 3.05) is 13.1 Å². The van der Waals surface area contributed by atoms with E-state index < -0.39 is 10.0 Å². The Morgan fingerprint density at radius 1 is 1.26 bits per heavy atom. The van der Waals surface area contributed by atoms with Crippen molar-refractivity contribution in [2.24, 2.45) is 5.92 Å². The minimum Gasteiger partial charge on any atom is -0.352 e. The SMILES string of the molecule is CC(C)c1ccc(CNC(=O)[C@H]2CCCN(S(=O)(=O)c3cccs3)C2)cc1. The van der Waals surface area contributed by atoms with Gasteiger partial charge in [-0.1, -0.05) is 44.2 Å². The summed E-state index contributed by atoms with van der Waals surface area (Å²) < 4.78 is 27.2. The molecule has 0 aliphatic carbocycles. The number of benzene rings is 1. The quantitative estimate of drug-likeness (QED) is 0.797. The Bertz CT molecular complexity index is 859. The molecule has 1 aliphatic rings. The van der Waals surface area contributed by atoms with E-state index in [9.17, 15) is 13.2 Å². The number of piperidine rings is 1. The third kappa shape index (κ3) is 4.78. The molecule has 146 valence electrons. The van der Waals surface area contributed by atoms with Gasteiger partial charge in [-0.05, 0) is 41.3 Å². The number of amides is 1. The van der Waals surface area contributed by atoms with Crippen LogP contribution in [0.25, 0.3) is 0 Å². The molecule has 2 heterocycles. The van der Waals surface area contributed by atoms with Crippen LogP contribution in [0.15, 0.2) is 46.0 Å². The maximum atomic E-state index is 12.7. The fraction of sp³-hybridized carbons (Fsp3) is 0.450. The zero-order valence-corrected chi connectivity index (χ0v) is 17.4. The van der Waals surface area contributed by atoms with E-state index in [1.54, 1.807) is 17.5 Å². The van der Waals surface area contributed by atoms with Crippen molar-refractivity contribution < 1.29 is 13.2 Å². The van der Waals surface area contributed by atoms with Gasteiger partial charge in [0.15, 0.2) is 0 Å². The Labute approximate surface area is 165 Å². The summed E-state index contributed by atoms with van der Waals surface area (Å²) in [4.78, 5) is 12.6. The van der Waals surface area contributed by atoms with Crippen molar-refractivity contribution in [3.05, 3.63) is 52.9 Å². The molecule has 0 radical (unpaired) electrons. The van der Waals surface area contributed by atoms with E-state index in [0.29, 0.717) is 36.1 Å². The van der Waals surface area contributed by atoms with Crippen LogP contribution in [0.4, 0.5) is 0 Å². The molecule has 0 saturated carbocycles. The Balaban J connectivity index is 1.58. The number of carbonyl (C=O) groups excluding carboxylic acids is 1. The molecule has 7 heteroatoms. The monoisotopic (exact) mass is 406 g/mol. The number of nitrogens with one attached hydrogen (secondary N) is 1. The number of thiophene rings is 1. The normalized spacial score (nSPS) is 18.6. The van der Waals surface area contributed by atoms with Gasteiger partial charge in [-0.25, -0.2) is 8.42 Å². The van der Waals surface area contributed by atoms with E-state index in [1.807, 2.05) is 12.1 Å². The first kappa shape index (κ1) is 20.0. The van der Waals surface area contributed by atoms with Crippen molar-refractivity contribution in [3.8, 4) is 0 Å². The maximum Gasteiger partial charge on any atom is 0.252 e. The molecule has 3 rings (SSSR count). The van der Waals surface area contributed by atoms with Crippen LogP contribution in [0, 0.1) is 5.92 Å². The largest absolute Gasteiger partial charge is 0.352 e. The van der Waals surface area contributed by atoms with E-state index in [-0.39, 0.29) is 18.4 Å². The first-order valence-electron chi connectivity index (χ1n) is 9.28. The van der Waals surface area contributed by atoms with Gasteiger partial charge in [0.2, 0.25) is 5.91 Å². The minimum atomic E-state index is -3.49. The maximum absolute atomic E-state index is 12.7. The Hall–Kier alpha value is -1.70. The first-order chi connectivity index (χ1) is 12.9. The number of sulfonamides is 1. The van der Waals surface area contributed by atoms with Gasteiger partial charge in [-0.15, -0.1) is 11.3 Å². The van der Waals surface area contributed by atoms with Crippen LogP contribution in [-0.4, -0.2) is 31.7 Å². The summed E-state index contributed by atoms with van der Waals surface area (Å²) in [6.07, 6.45) is 1.42. The lowest BCUT2D eigenvalue weighted by Gasteiger charge is -2.30. The second-order valence-corrected chi connectivity index (χ2v) is 10.4. The fourth-order valence-corrected chi connectivity index (χ4v) is 5.93. The molecule has 1 N–H and O–H groups in total. The molecule has 1 amide bonds. The molecule has 1 fully saturated rings. The van der Waals surface area contributed by atoms with Crippen LogP contribution in [-0.2, 0) is 21.4 Å². The van der Waals surface area contributed by atoms with Gasteiger partial charge in [0.25, 0.3) is 10.0 Å². The smallest absolute Gasteiger partial charge is 0.252 e. The van der Waals surface area contributed by atoms with Gasteiger partial charge in [0, 0.05) is 19.6 Å². The van der Waals surface area contributed by atoms with Gasteiger partial charge < -0.3 is 5.32 Å². The molecule has 1 aromatic heterocycles. The van der Waals surface area contributed by atoms with Gasteiger partial charge in [-0.2, -0.15) is 4.31 Å². The zero-order valence-electron chi connectivity index (χ0n) is 15.7. The van der Waals surface area contributed by atoms with Crippen molar-refractivity contribution in [2.45, 2.75) is 43.4 Å². The summed E-state index contributed by atoms with van der Waals surface area (Å²) in [7, 11) is -3.49. The molecular formula is C20H26N2O3S2. The van der Waals surface area contributed by atoms with Crippen molar-refractivity contribution in [1.29, 1.82) is 0 Å². The average molecular weight is 407 g/mol. The molecule has 2 aromatic rings. The number of hydrogen-bond acceptors (Lipinski definition) is 4. The topological polar surface area (TPSA) is 66.5 Å². The summed E-state index contributed by atoms with van der Waals surface area (Å²) in [5.74, 6) is 0.101. The molecule has 1 saturated heterocycles. The Kier molecular flexibility index (Phi) is 6.34. The molecule has 5 nitrogen and oxygen atoms in total. The minimum absolute atomic E-state index is 0.0750. The summed E-state index contributed by atoms with van der Waals surface area (Å²) in [6, 6.07) is 11.6. The summed E-state index contributed by atoms with van der Waals surface area (Å²) in [6.45, 7) is 5.48. The number of hydrogen-bond donors (Lipinski definition) is 1. The third-order valence-electron chi connectivity index (χ3n) is 4.96. The predicted octanol–water partition coefficient (Wildman–Crippen LogP) is 3.59. The Morgan fingerprint density at radius 3 is 2.63 bits per heavy atom. The van der Waals surface area contributed by atoms with Crippen LogP contribution >= 0.6 is 11.3 Å². The van der Waals surface area contributed by atoms with Crippen LogP contribution in [0.5, 0.6) is 0 Å². The first-order valence-corrected chi connectivity index (χ1v) is 11.6. The molecule has 0 bridgehead atoms.